The van der Waals surface area contributed by atoms with Gasteiger partial charge in [0.05, 0.1) is 28.6 Å². The van der Waals surface area contributed by atoms with Crippen molar-refractivity contribution >= 4 is 33.0 Å². The number of pyridine rings is 2. The van der Waals surface area contributed by atoms with Gasteiger partial charge in [-0.15, -0.1) is 54.1 Å². The van der Waals surface area contributed by atoms with Gasteiger partial charge in [-0.05, 0) is 41.4 Å². The van der Waals surface area contributed by atoms with E-state index >= 15 is 0 Å². The number of aromatic nitrogens is 4. The number of halogens is 1. The van der Waals surface area contributed by atoms with Gasteiger partial charge in [0, 0.05) is 55.2 Å². The minimum absolute atomic E-state index is 0. The Bertz CT molecular complexity index is 2220. The summed E-state index contributed by atoms with van der Waals surface area (Å²) in [5.74, 6) is 0.379. The molecule has 0 spiro atoms. The molecule has 0 aliphatic rings. The molecule has 0 saturated carbocycles. The molecule has 0 N–H and O–H groups in total. The van der Waals surface area contributed by atoms with Gasteiger partial charge in [0.2, 0.25) is 0 Å². The molecule has 0 unspecified atom stereocenters. The van der Waals surface area contributed by atoms with E-state index in [2.05, 4.69) is 47.4 Å². The molecular formula is C39H29FIrN4O-2. The van der Waals surface area contributed by atoms with E-state index in [0.29, 0.717) is 17.0 Å². The zero-order valence-corrected chi connectivity index (χ0v) is 27.9. The summed E-state index contributed by atoms with van der Waals surface area (Å²) in [4.78, 5) is 13.9. The van der Waals surface area contributed by atoms with Crippen molar-refractivity contribution in [2.75, 3.05) is 0 Å². The average molecular weight is 781 g/mol. The standard InChI is InChI=1S/C28H21FN3O.C11H8N.Ir/c1-28(2,3)22-15-30-16-23-25(22)31-27(32(23)18-8-5-4-6-9-18)21-11-7-10-20-19-13-12-17(29)14-24(19)33-26(20)21;1-2-6-10(7-3-1)11-8-4-5-9-12-11;/h4-10,12-16H,1-3H3;1-6,8-9H;/q2*-1;. The molecule has 0 bridgehead atoms. The summed E-state index contributed by atoms with van der Waals surface area (Å²) in [5.41, 5.74) is 7.58. The van der Waals surface area contributed by atoms with Gasteiger partial charge < -0.3 is 14.0 Å². The fourth-order valence-electron chi connectivity index (χ4n) is 5.51. The second-order valence-corrected chi connectivity index (χ2v) is 11.7. The number of imidazole rings is 1. The summed E-state index contributed by atoms with van der Waals surface area (Å²) in [6.45, 7) is 6.47. The van der Waals surface area contributed by atoms with E-state index in [0.717, 1.165) is 49.9 Å². The monoisotopic (exact) mass is 781 g/mol. The Labute approximate surface area is 280 Å². The molecule has 8 rings (SSSR count). The molecule has 229 valence electrons. The van der Waals surface area contributed by atoms with Crippen molar-refractivity contribution in [2.24, 2.45) is 0 Å². The molecule has 0 atom stereocenters. The summed E-state index contributed by atoms with van der Waals surface area (Å²) in [6, 6.07) is 38.7. The fourth-order valence-corrected chi connectivity index (χ4v) is 5.51. The fraction of sp³-hybridized carbons (Fsp3) is 0.103. The third-order valence-corrected chi connectivity index (χ3v) is 7.66. The Morgan fingerprint density at radius 1 is 0.804 bits per heavy atom. The van der Waals surface area contributed by atoms with Gasteiger partial charge in [-0.2, -0.15) is 0 Å². The van der Waals surface area contributed by atoms with Crippen molar-refractivity contribution in [3.05, 3.63) is 145 Å². The first-order valence-electron chi connectivity index (χ1n) is 14.7. The minimum atomic E-state index is -0.329. The average Bonchev–Trinajstić information content (AvgIpc) is 3.64. The molecule has 4 heterocycles. The van der Waals surface area contributed by atoms with Crippen LogP contribution in [0.5, 0.6) is 0 Å². The van der Waals surface area contributed by atoms with Crippen LogP contribution in [0.2, 0.25) is 0 Å². The van der Waals surface area contributed by atoms with Crippen LogP contribution in [0.25, 0.3) is 61.3 Å². The van der Waals surface area contributed by atoms with Gasteiger partial charge >= 0.3 is 0 Å². The largest absolute Gasteiger partial charge is 0.500 e. The normalized spacial score (nSPS) is 11.3. The smallest absolute Gasteiger partial charge is 0.126 e. The van der Waals surface area contributed by atoms with Crippen molar-refractivity contribution in [1.29, 1.82) is 0 Å². The molecular weight excluding hydrogens is 752 g/mol. The van der Waals surface area contributed by atoms with Crippen molar-refractivity contribution < 1.29 is 28.9 Å². The molecule has 0 fully saturated rings. The number of hydrogen-bond acceptors (Lipinski definition) is 4. The number of rotatable bonds is 3. The molecule has 7 heteroatoms. The molecule has 0 saturated heterocycles. The first kappa shape index (κ1) is 31.0. The summed E-state index contributed by atoms with van der Waals surface area (Å²) in [6.07, 6.45) is 5.53. The number of benzene rings is 4. The molecule has 5 nitrogen and oxygen atoms in total. The number of furan rings is 1. The second-order valence-electron chi connectivity index (χ2n) is 11.7. The zero-order valence-electron chi connectivity index (χ0n) is 25.5. The summed E-state index contributed by atoms with van der Waals surface area (Å²) >= 11 is 0. The second kappa shape index (κ2) is 12.8. The maximum atomic E-state index is 13.9. The van der Waals surface area contributed by atoms with Gasteiger partial charge in [0.25, 0.3) is 0 Å². The molecule has 4 aromatic carbocycles. The van der Waals surface area contributed by atoms with Crippen molar-refractivity contribution in [3.8, 4) is 28.3 Å². The third-order valence-electron chi connectivity index (χ3n) is 7.66. The van der Waals surface area contributed by atoms with E-state index in [-0.39, 0.29) is 31.3 Å². The summed E-state index contributed by atoms with van der Waals surface area (Å²) in [5, 5.41) is 1.76. The maximum absolute atomic E-state index is 13.9. The van der Waals surface area contributed by atoms with Crippen molar-refractivity contribution in [2.45, 2.75) is 26.2 Å². The predicted molar refractivity (Wildman–Crippen MR) is 178 cm³/mol. The first-order valence-corrected chi connectivity index (χ1v) is 14.7. The van der Waals surface area contributed by atoms with E-state index in [4.69, 9.17) is 9.40 Å². The molecule has 8 aromatic rings. The summed E-state index contributed by atoms with van der Waals surface area (Å²) < 4.78 is 22.1. The van der Waals surface area contributed by atoms with Crippen molar-refractivity contribution in [1.82, 2.24) is 19.5 Å². The van der Waals surface area contributed by atoms with Crippen LogP contribution >= 0.6 is 0 Å². The van der Waals surface area contributed by atoms with Crippen LogP contribution in [0.3, 0.4) is 0 Å². The van der Waals surface area contributed by atoms with Crippen LogP contribution in [0, 0.1) is 17.9 Å². The Morgan fingerprint density at radius 2 is 1.61 bits per heavy atom. The van der Waals surface area contributed by atoms with Gasteiger partial charge in [-0.3, -0.25) is 9.97 Å². The Morgan fingerprint density at radius 3 is 2.35 bits per heavy atom. The number of para-hydroxylation sites is 1. The molecule has 1 radical (unpaired) electrons. The van der Waals surface area contributed by atoms with Crippen LogP contribution < -0.4 is 0 Å². The van der Waals surface area contributed by atoms with Gasteiger partial charge in [-0.25, -0.2) is 4.39 Å². The maximum Gasteiger partial charge on any atom is 0.126 e. The predicted octanol–water partition coefficient (Wildman–Crippen LogP) is 9.77. The van der Waals surface area contributed by atoms with E-state index in [9.17, 15) is 4.39 Å². The van der Waals surface area contributed by atoms with Gasteiger partial charge in [-0.1, -0.05) is 62.1 Å². The van der Waals surface area contributed by atoms with E-state index in [1.54, 1.807) is 12.3 Å². The zero-order chi connectivity index (χ0) is 31.0. The van der Waals surface area contributed by atoms with Crippen LogP contribution in [-0.2, 0) is 25.5 Å². The van der Waals surface area contributed by atoms with E-state index in [1.165, 1.54) is 12.1 Å². The third kappa shape index (κ3) is 5.87. The summed E-state index contributed by atoms with van der Waals surface area (Å²) in [7, 11) is 0. The van der Waals surface area contributed by atoms with Crippen LogP contribution in [0.15, 0.2) is 126 Å². The Hall–Kier alpha value is -4.97. The molecule has 0 aliphatic carbocycles. The van der Waals surface area contributed by atoms with Gasteiger partial charge in [0.1, 0.15) is 11.4 Å². The van der Waals surface area contributed by atoms with Gasteiger partial charge in [0.15, 0.2) is 0 Å². The van der Waals surface area contributed by atoms with Crippen LogP contribution in [0.4, 0.5) is 4.39 Å². The first-order chi connectivity index (χ1) is 21.9. The number of fused-ring (bicyclic) bond motifs is 4. The Balaban J connectivity index is 0.000000241. The molecule has 0 aliphatic heterocycles. The minimum Gasteiger partial charge on any atom is -0.500 e. The van der Waals surface area contributed by atoms with E-state index in [1.807, 2.05) is 97.3 Å². The molecule has 0 amide bonds. The number of nitrogens with zero attached hydrogens (tertiary/aromatic N) is 4. The van der Waals surface area contributed by atoms with E-state index < -0.39 is 0 Å². The van der Waals surface area contributed by atoms with Crippen LogP contribution in [-0.4, -0.2) is 19.5 Å². The van der Waals surface area contributed by atoms with Crippen LogP contribution in [0.1, 0.15) is 26.3 Å². The number of hydrogen-bond donors (Lipinski definition) is 0. The Kier molecular flexibility index (Phi) is 8.63. The quantitative estimate of drug-likeness (QED) is 0.168. The molecule has 46 heavy (non-hydrogen) atoms. The topological polar surface area (TPSA) is 56.7 Å². The van der Waals surface area contributed by atoms with Crippen molar-refractivity contribution in [3.63, 3.8) is 0 Å². The SMILES string of the molecule is CC(C)(C)c1cncc2c1nc(-c1[c-]ccc3c1oc1cc(F)ccc13)n2-c1ccccc1.[Ir].[c-]1ccccc1-c1ccccn1. The molecule has 4 aromatic heterocycles.